The largest absolute Gasteiger partial charge is 0.466 e. The summed E-state index contributed by atoms with van der Waals surface area (Å²) in [6.07, 6.45) is 4.27. The number of hydrogen-bond donors (Lipinski definition) is 1. The van der Waals surface area contributed by atoms with Gasteiger partial charge in [0.05, 0.1) is 17.4 Å². The maximum absolute atomic E-state index is 12.1. The third-order valence-electron chi connectivity index (χ3n) is 4.57. The van der Waals surface area contributed by atoms with Crippen molar-refractivity contribution in [2.24, 2.45) is 5.92 Å². The van der Waals surface area contributed by atoms with Gasteiger partial charge in [0, 0.05) is 19.3 Å². The van der Waals surface area contributed by atoms with Crippen molar-refractivity contribution < 1.29 is 14.5 Å². The third-order valence-corrected chi connectivity index (χ3v) is 4.57. The fraction of sp³-hybridized carbons (Fsp3) is 0.444. The van der Waals surface area contributed by atoms with Crippen LogP contribution in [0.5, 0.6) is 0 Å². The molecule has 3 heterocycles. The molecule has 0 spiro atoms. The van der Waals surface area contributed by atoms with Crippen LogP contribution in [0.3, 0.4) is 0 Å². The number of aryl methyl sites for hydroxylation is 1. The van der Waals surface area contributed by atoms with E-state index in [4.69, 9.17) is 4.74 Å². The van der Waals surface area contributed by atoms with Crippen molar-refractivity contribution in [3.8, 4) is 0 Å². The molecule has 1 fully saturated rings. The number of ether oxygens (including phenoxy) is 1. The Labute approximate surface area is 162 Å². The molecule has 1 N–H and O–H groups in total. The normalized spacial score (nSPS) is 16.5. The Morgan fingerprint density at radius 2 is 2.21 bits per heavy atom. The summed E-state index contributed by atoms with van der Waals surface area (Å²) in [5, 5.41) is 14.8. The lowest BCUT2D eigenvalue weighted by Gasteiger charge is -2.32. The quantitative estimate of drug-likeness (QED) is 0.453. The first-order chi connectivity index (χ1) is 13.5. The van der Waals surface area contributed by atoms with Crippen LogP contribution in [0.2, 0.25) is 0 Å². The highest BCUT2D eigenvalue weighted by atomic mass is 16.6. The number of aromatic nitrogens is 3. The van der Waals surface area contributed by atoms with Crippen LogP contribution >= 0.6 is 0 Å². The van der Waals surface area contributed by atoms with Crippen molar-refractivity contribution in [3.63, 3.8) is 0 Å². The van der Waals surface area contributed by atoms with E-state index in [0.29, 0.717) is 38.4 Å². The number of nitro groups is 1. The zero-order valence-corrected chi connectivity index (χ0v) is 15.8. The molecule has 0 aromatic carbocycles. The van der Waals surface area contributed by atoms with Crippen LogP contribution in [0.25, 0.3) is 0 Å². The molecular formula is C18H22N6O4. The first-order valence-electron chi connectivity index (χ1n) is 9.10. The molecule has 0 radical (unpaired) electrons. The molecule has 1 saturated heterocycles. The Morgan fingerprint density at radius 3 is 2.93 bits per heavy atom. The SMILES string of the molecule is CCOC(=O)C1CCCN(c2ncnc(Nc3ncccc3C)c2[N+](=O)[O-])C1. The van der Waals surface area contributed by atoms with Gasteiger partial charge >= 0.3 is 11.7 Å². The van der Waals surface area contributed by atoms with Crippen molar-refractivity contribution in [2.45, 2.75) is 26.7 Å². The molecule has 2 aromatic rings. The lowest BCUT2D eigenvalue weighted by atomic mass is 9.98. The minimum Gasteiger partial charge on any atom is -0.466 e. The lowest BCUT2D eigenvalue weighted by Crippen LogP contribution is -2.40. The minimum atomic E-state index is -0.510. The number of pyridine rings is 1. The zero-order valence-electron chi connectivity index (χ0n) is 15.8. The summed E-state index contributed by atoms with van der Waals surface area (Å²) >= 11 is 0. The van der Waals surface area contributed by atoms with E-state index < -0.39 is 4.92 Å². The highest BCUT2D eigenvalue weighted by Gasteiger charge is 2.33. The Balaban J connectivity index is 1.92. The molecule has 0 aliphatic carbocycles. The molecule has 0 bridgehead atoms. The number of anilines is 3. The van der Waals surface area contributed by atoms with Crippen LogP contribution in [0, 0.1) is 23.0 Å². The van der Waals surface area contributed by atoms with Gasteiger partial charge in [-0.05, 0) is 38.3 Å². The predicted octanol–water partition coefficient (Wildman–Crippen LogP) is 2.61. The van der Waals surface area contributed by atoms with Gasteiger partial charge in [0.25, 0.3) is 0 Å². The second kappa shape index (κ2) is 8.59. The lowest BCUT2D eigenvalue weighted by molar-refractivity contribution is -0.383. The molecule has 2 aromatic heterocycles. The molecule has 3 rings (SSSR count). The number of piperidine rings is 1. The van der Waals surface area contributed by atoms with Crippen LogP contribution in [0.15, 0.2) is 24.7 Å². The van der Waals surface area contributed by atoms with Crippen LogP contribution in [-0.2, 0) is 9.53 Å². The molecule has 1 aliphatic heterocycles. The topological polar surface area (TPSA) is 123 Å². The highest BCUT2D eigenvalue weighted by molar-refractivity contribution is 5.76. The molecule has 1 atom stereocenters. The number of rotatable bonds is 6. The van der Waals surface area contributed by atoms with Crippen LogP contribution in [0.1, 0.15) is 25.3 Å². The fourth-order valence-corrected chi connectivity index (χ4v) is 3.21. The van der Waals surface area contributed by atoms with Crippen LogP contribution in [-0.4, -0.2) is 45.5 Å². The Bertz CT molecular complexity index is 875. The first-order valence-corrected chi connectivity index (χ1v) is 9.10. The monoisotopic (exact) mass is 386 g/mol. The summed E-state index contributed by atoms with van der Waals surface area (Å²) in [5.41, 5.74) is 0.592. The van der Waals surface area contributed by atoms with Gasteiger partial charge < -0.3 is 15.0 Å². The molecule has 148 valence electrons. The number of nitrogens with one attached hydrogen (secondary N) is 1. The highest BCUT2D eigenvalue weighted by Crippen LogP contribution is 2.35. The van der Waals surface area contributed by atoms with Crippen molar-refractivity contribution in [1.29, 1.82) is 0 Å². The van der Waals surface area contributed by atoms with E-state index >= 15 is 0 Å². The number of carbonyl (C=O) groups is 1. The van der Waals surface area contributed by atoms with Crippen molar-refractivity contribution in [1.82, 2.24) is 15.0 Å². The van der Waals surface area contributed by atoms with E-state index in [0.717, 1.165) is 5.56 Å². The van der Waals surface area contributed by atoms with Crippen molar-refractivity contribution >= 4 is 29.1 Å². The third kappa shape index (κ3) is 4.16. The summed E-state index contributed by atoms with van der Waals surface area (Å²) in [4.78, 5) is 37.6. The summed E-state index contributed by atoms with van der Waals surface area (Å²) in [7, 11) is 0. The molecule has 0 amide bonds. The van der Waals surface area contributed by atoms with Gasteiger partial charge in [-0.25, -0.2) is 15.0 Å². The van der Waals surface area contributed by atoms with E-state index in [1.54, 1.807) is 24.1 Å². The molecule has 1 aliphatic rings. The van der Waals surface area contributed by atoms with E-state index in [-0.39, 0.29) is 29.2 Å². The molecule has 10 heteroatoms. The number of hydrogen-bond acceptors (Lipinski definition) is 9. The number of esters is 1. The fourth-order valence-electron chi connectivity index (χ4n) is 3.21. The average molecular weight is 386 g/mol. The maximum atomic E-state index is 12.1. The Morgan fingerprint density at radius 1 is 1.39 bits per heavy atom. The predicted molar refractivity (Wildman–Crippen MR) is 103 cm³/mol. The van der Waals surface area contributed by atoms with E-state index in [9.17, 15) is 14.9 Å². The van der Waals surface area contributed by atoms with Gasteiger partial charge in [-0.2, -0.15) is 0 Å². The van der Waals surface area contributed by atoms with Gasteiger partial charge in [0.2, 0.25) is 11.6 Å². The Hall–Kier alpha value is -3.30. The smallest absolute Gasteiger partial charge is 0.353 e. The standard InChI is InChI=1S/C18H22N6O4/c1-3-28-18(25)13-7-5-9-23(10-13)17-14(24(26)27)16(20-11-21-17)22-15-12(2)6-4-8-19-15/h4,6,8,11,13H,3,5,7,9-10H2,1-2H3,(H,19,20,21,22). The van der Waals surface area contributed by atoms with Gasteiger partial charge in [0.1, 0.15) is 12.1 Å². The second-order valence-electron chi connectivity index (χ2n) is 6.48. The van der Waals surface area contributed by atoms with Gasteiger partial charge in [-0.1, -0.05) is 6.07 Å². The first kappa shape index (κ1) is 19.5. The number of nitrogens with zero attached hydrogens (tertiary/aromatic N) is 5. The molecular weight excluding hydrogens is 364 g/mol. The number of carbonyl (C=O) groups excluding carboxylic acids is 1. The Kier molecular flexibility index (Phi) is 5.97. The van der Waals surface area contributed by atoms with Crippen molar-refractivity contribution in [2.75, 3.05) is 29.9 Å². The van der Waals surface area contributed by atoms with Crippen molar-refractivity contribution in [3.05, 3.63) is 40.3 Å². The molecule has 0 saturated carbocycles. The molecule has 1 unspecified atom stereocenters. The zero-order chi connectivity index (χ0) is 20.1. The average Bonchev–Trinajstić information content (AvgIpc) is 2.69. The van der Waals surface area contributed by atoms with E-state index in [1.165, 1.54) is 6.33 Å². The summed E-state index contributed by atoms with van der Waals surface area (Å²) in [6, 6.07) is 3.63. The maximum Gasteiger partial charge on any atom is 0.353 e. The van der Waals surface area contributed by atoms with Gasteiger partial charge in [-0.3, -0.25) is 14.9 Å². The summed E-state index contributed by atoms with van der Waals surface area (Å²) < 4.78 is 5.11. The van der Waals surface area contributed by atoms with E-state index in [2.05, 4.69) is 20.3 Å². The van der Waals surface area contributed by atoms with Gasteiger partial charge in [-0.15, -0.1) is 0 Å². The van der Waals surface area contributed by atoms with Gasteiger partial charge in [0.15, 0.2) is 0 Å². The summed E-state index contributed by atoms with van der Waals surface area (Å²) in [5.74, 6) is 0.113. The molecule has 10 nitrogen and oxygen atoms in total. The summed E-state index contributed by atoms with van der Waals surface area (Å²) in [6.45, 7) is 4.79. The van der Waals surface area contributed by atoms with E-state index in [1.807, 2.05) is 13.0 Å². The van der Waals surface area contributed by atoms with Crippen LogP contribution < -0.4 is 10.2 Å². The van der Waals surface area contributed by atoms with Crippen LogP contribution in [0.4, 0.5) is 23.1 Å². The second-order valence-corrected chi connectivity index (χ2v) is 6.48. The molecule has 28 heavy (non-hydrogen) atoms. The minimum absolute atomic E-state index is 0.0649.